The first-order valence-corrected chi connectivity index (χ1v) is 13.8. The molecule has 0 radical (unpaired) electrons. The van der Waals surface area contributed by atoms with Crippen molar-refractivity contribution >= 4 is 5.97 Å². The second kappa shape index (κ2) is 10.4. The molecule has 0 aliphatic heterocycles. The number of allylic oxidation sites excluding steroid dienone is 4. The maximum atomic E-state index is 13.1. The van der Waals surface area contributed by atoms with Gasteiger partial charge < -0.3 is 9.84 Å². The number of carbonyl (C=O) groups excluding carboxylic acids is 1. The van der Waals surface area contributed by atoms with E-state index in [4.69, 9.17) is 4.74 Å². The lowest BCUT2D eigenvalue weighted by atomic mass is 9.59. The van der Waals surface area contributed by atoms with Gasteiger partial charge in [-0.05, 0) is 111 Å². The lowest BCUT2D eigenvalue weighted by Gasteiger charge is -2.45. The van der Waals surface area contributed by atoms with Gasteiger partial charge in [-0.15, -0.1) is 0 Å². The summed E-state index contributed by atoms with van der Waals surface area (Å²) in [4.78, 5) is 11.4. The molecule has 0 spiro atoms. The molecule has 218 valence electrons. The molecule has 4 atom stereocenters. The van der Waals surface area contributed by atoms with Gasteiger partial charge >= 0.3 is 18.3 Å². The van der Waals surface area contributed by atoms with Crippen LogP contribution in [0.25, 0.3) is 0 Å². The van der Waals surface area contributed by atoms with E-state index in [2.05, 4.69) is 25.7 Å². The van der Waals surface area contributed by atoms with Gasteiger partial charge in [-0.3, -0.25) is 4.79 Å². The molecule has 0 aromatic heterocycles. The SMILES string of the molecule is C=C1/C(=C\C=C2/CCC[C@@]3(C)C2CC[C@@H]3C2(C/C=C/C(O)(C(F)(F)F)C(F)(F)F)CC2)CCC[C@@H]1OC(C)=O. The van der Waals surface area contributed by atoms with Crippen molar-refractivity contribution < 1.29 is 41.0 Å². The normalized spacial score (nSPS) is 33.6. The summed E-state index contributed by atoms with van der Waals surface area (Å²) in [5, 5.41) is 9.50. The van der Waals surface area contributed by atoms with Crippen LogP contribution in [0, 0.1) is 22.7 Å². The van der Waals surface area contributed by atoms with E-state index in [0.717, 1.165) is 81.4 Å². The highest BCUT2D eigenvalue weighted by Gasteiger charge is 2.69. The molecule has 9 heteroatoms. The molecular weight excluding hydrogens is 522 g/mol. The summed E-state index contributed by atoms with van der Waals surface area (Å²) in [6.45, 7) is 7.79. The molecule has 0 bridgehead atoms. The van der Waals surface area contributed by atoms with Gasteiger partial charge in [0, 0.05) is 6.92 Å². The Morgan fingerprint density at radius 2 is 1.69 bits per heavy atom. The Bertz CT molecular complexity index is 1050. The van der Waals surface area contributed by atoms with Crippen molar-refractivity contribution in [3.8, 4) is 0 Å². The first-order chi connectivity index (χ1) is 18.0. The lowest BCUT2D eigenvalue weighted by Crippen LogP contribution is -2.55. The fourth-order valence-electron chi connectivity index (χ4n) is 7.66. The van der Waals surface area contributed by atoms with Crippen LogP contribution >= 0.6 is 0 Å². The zero-order valence-corrected chi connectivity index (χ0v) is 22.6. The van der Waals surface area contributed by atoms with Gasteiger partial charge in [-0.2, -0.15) is 26.3 Å². The summed E-state index contributed by atoms with van der Waals surface area (Å²) in [5.74, 6) is 0.169. The van der Waals surface area contributed by atoms with E-state index in [9.17, 15) is 36.2 Å². The molecule has 4 fully saturated rings. The van der Waals surface area contributed by atoms with E-state index >= 15 is 0 Å². The maximum absolute atomic E-state index is 13.1. The third-order valence-electron chi connectivity index (χ3n) is 9.86. The van der Waals surface area contributed by atoms with E-state index in [1.54, 1.807) is 0 Å². The highest BCUT2D eigenvalue weighted by molar-refractivity contribution is 5.66. The minimum absolute atomic E-state index is 0.0822. The molecule has 4 aliphatic rings. The summed E-state index contributed by atoms with van der Waals surface area (Å²) in [5.41, 5.74) is -2.01. The number of ether oxygens (including phenoxy) is 1. The highest BCUT2D eigenvalue weighted by Crippen LogP contribution is 2.70. The highest BCUT2D eigenvalue weighted by atomic mass is 19.4. The van der Waals surface area contributed by atoms with Gasteiger partial charge in [0.25, 0.3) is 5.60 Å². The molecule has 4 aliphatic carbocycles. The molecule has 1 unspecified atom stereocenters. The molecule has 0 aromatic carbocycles. The number of esters is 1. The van der Waals surface area contributed by atoms with Gasteiger partial charge in [-0.1, -0.05) is 37.3 Å². The third kappa shape index (κ3) is 5.62. The molecule has 39 heavy (non-hydrogen) atoms. The molecule has 1 N–H and O–H groups in total. The number of rotatable bonds is 6. The molecule has 0 amide bonds. The molecule has 3 nitrogen and oxygen atoms in total. The van der Waals surface area contributed by atoms with Crippen molar-refractivity contribution in [3.05, 3.63) is 47.6 Å². The minimum atomic E-state index is -5.84. The van der Waals surface area contributed by atoms with Crippen LogP contribution in [-0.4, -0.2) is 35.1 Å². The molecule has 4 saturated carbocycles. The zero-order chi connectivity index (χ0) is 28.9. The van der Waals surface area contributed by atoms with Crippen molar-refractivity contribution in [3.63, 3.8) is 0 Å². The average molecular weight is 561 g/mol. The van der Waals surface area contributed by atoms with Crippen molar-refractivity contribution in [2.45, 2.75) is 109 Å². The number of fused-ring (bicyclic) bond motifs is 1. The van der Waals surface area contributed by atoms with Crippen molar-refractivity contribution in [2.75, 3.05) is 0 Å². The quantitative estimate of drug-likeness (QED) is 0.202. The molecule has 4 rings (SSSR count). The van der Waals surface area contributed by atoms with Crippen molar-refractivity contribution in [2.24, 2.45) is 22.7 Å². The standard InChI is InChI=1S/C30H38F6O3/c1-19-21(7-4-9-24(19)39-20(2)37)10-11-22-8-5-14-26(3)23(22)12-13-25(26)27(17-18-27)15-6-16-28(38,29(31,32)33)30(34,35)36/h6,10-11,16,23-25,38H,1,4-5,7-9,12-15,17-18H2,2-3H3/b16-6+,21-10-,22-11+/t23?,24-,25-,26-/m0/s1. The Kier molecular flexibility index (Phi) is 8.00. The first-order valence-electron chi connectivity index (χ1n) is 13.8. The Labute approximate surface area is 226 Å². The van der Waals surface area contributed by atoms with Crippen molar-refractivity contribution in [1.29, 1.82) is 0 Å². The van der Waals surface area contributed by atoms with Crippen LogP contribution in [-0.2, 0) is 9.53 Å². The third-order valence-corrected chi connectivity index (χ3v) is 9.86. The number of hydrogen-bond donors (Lipinski definition) is 1. The maximum Gasteiger partial charge on any atom is 0.429 e. The second-order valence-corrected chi connectivity index (χ2v) is 12.2. The Morgan fingerprint density at radius 3 is 2.28 bits per heavy atom. The number of halogens is 6. The Hall–Kier alpha value is -2.03. The number of aliphatic hydroxyl groups is 1. The monoisotopic (exact) mass is 560 g/mol. The Morgan fingerprint density at radius 1 is 1.03 bits per heavy atom. The average Bonchev–Trinajstić information content (AvgIpc) is 3.50. The zero-order valence-electron chi connectivity index (χ0n) is 22.6. The van der Waals surface area contributed by atoms with Crippen LogP contribution in [0.5, 0.6) is 0 Å². The predicted octanol–water partition coefficient (Wildman–Crippen LogP) is 8.31. The van der Waals surface area contributed by atoms with Crippen LogP contribution in [0.15, 0.2) is 47.6 Å². The van der Waals surface area contributed by atoms with Crippen LogP contribution in [0.3, 0.4) is 0 Å². The summed E-state index contributed by atoms with van der Waals surface area (Å²) in [7, 11) is 0. The molecule has 0 aromatic rings. The fraction of sp³-hybridized carbons (Fsp3) is 0.700. The number of carbonyl (C=O) groups is 1. The number of hydrogen-bond acceptors (Lipinski definition) is 3. The molecule has 0 saturated heterocycles. The van der Waals surface area contributed by atoms with Crippen LogP contribution in [0.2, 0.25) is 0 Å². The molecule has 0 heterocycles. The van der Waals surface area contributed by atoms with E-state index in [1.807, 2.05) is 0 Å². The fourth-order valence-corrected chi connectivity index (χ4v) is 7.66. The second-order valence-electron chi connectivity index (χ2n) is 12.2. The van der Waals surface area contributed by atoms with E-state index < -0.39 is 18.0 Å². The van der Waals surface area contributed by atoms with E-state index in [1.165, 1.54) is 12.5 Å². The van der Waals surface area contributed by atoms with Crippen LogP contribution in [0.4, 0.5) is 26.3 Å². The van der Waals surface area contributed by atoms with E-state index in [0.29, 0.717) is 5.92 Å². The summed E-state index contributed by atoms with van der Waals surface area (Å²) >= 11 is 0. The summed E-state index contributed by atoms with van der Waals surface area (Å²) in [6.07, 6.45) is 1.95. The number of alkyl halides is 6. The first kappa shape index (κ1) is 29.9. The van der Waals surface area contributed by atoms with Gasteiger partial charge in [0.2, 0.25) is 0 Å². The minimum Gasteiger partial charge on any atom is -0.458 e. The van der Waals surface area contributed by atoms with Crippen molar-refractivity contribution in [1.82, 2.24) is 0 Å². The Balaban J connectivity index is 1.50. The van der Waals surface area contributed by atoms with Gasteiger partial charge in [0.15, 0.2) is 0 Å². The van der Waals surface area contributed by atoms with Gasteiger partial charge in [0.1, 0.15) is 6.10 Å². The summed E-state index contributed by atoms with van der Waals surface area (Å²) in [6, 6.07) is 0. The predicted molar refractivity (Wildman–Crippen MR) is 135 cm³/mol. The van der Waals surface area contributed by atoms with E-state index in [-0.39, 0.29) is 41.3 Å². The molecular formula is C30H38F6O3. The summed E-state index contributed by atoms with van der Waals surface area (Å²) < 4.78 is 84.1. The van der Waals surface area contributed by atoms with Gasteiger partial charge in [0.05, 0.1) is 0 Å². The van der Waals surface area contributed by atoms with Gasteiger partial charge in [-0.25, -0.2) is 0 Å². The lowest BCUT2D eigenvalue weighted by molar-refractivity contribution is -0.347. The topological polar surface area (TPSA) is 46.5 Å². The van der Waals surface area contributed by atoms with Crippen LogP contribution < -0.4 is 0 Å². The largest absolute Gasteiger partial charge is 0.458 e. The van der Waals surface area contributed by atoms with Crippen LogP contribution in [0.1, 0.15) is 84.5 Å². The smallest absolute Gasteiger partial charge is 0.429 e.